The number of nitrogens with one attached hydrogen (secondary N) is 1. The summed E-state index contributed by atoms with van der Waals surface area (Å²) in [5.41, 5.74) is 3.73. The number of hydrogen-bond acceptors (Lipinski definition) is 4. The molecule has 0 aliphatic carbocycles. The number of carbonyl (C=O) groups excluding carboxylic acids is 1. The number of anilines is 1. The van der Waals surface area contributed by atoms with Crippen LogP contribution in [-0.2, 0) is 4.79 Å². The lowest BCUT2D eigenvalue weighted by molar-refractivity contribution is -0.118. The van der Waals surface area contributed by atoms with Gasteiger partial charge in [-0.1, -0.05) is 49.2 Å². The van der Waals surface area contributed by atoms with Gasteiger partial charge >= 0.3 is 0 Å². The van der Waals surface area contributed by atoms with Crippen molar-refractivity contribution >= 4 is 45.9 Å². The highest BCUT2D eigenvalue weighted by Crippen LogP contribution is 2.32. The van der Waals surface area contributed by atoms with Gasteiger partial charge in [0.25, 0.3) is 5.91 Å². The van der Waals surface area contributed by atoms with Crippen LogP contribution in [0.5, 0.6) is 5.75 Å². The fourth-order valence-electron chi connectivity index (χ4n) is 3.25. The lowest BCUT2D eigenvalue weighted by atomic mass is 9.99. The second-order valence-electron chi connectivity index (χ2n) is 7.55. The van der Waals surface area contributed by atoms with Crippen LogP contribution in [0.25, 0.3) is 22.6 Å². The number of oxazole rings is 1. The third kappa shape index (κ3) is 5.06. The van der Waals surface area contributed by atoms with Gasteiger partial charge in [-0.15, -0.1) is 0 Å². The molecule has 0 saturated heterocycles. The minimum Gasteiger partial charge on any atom is -0.484 e. The van der Waals surface area contributed by atoms with Crippen LogP contribution in [0.2, 0.25) is 10.0 Å². The normalized spacial score (nSPS) is 12.0. The van der Waals surface area contributed by atoms with Gasteiger partial charge in [-0.25, -0.2) is 4.98 Å². The van der Waals surface area contributed by atoms with Crippen molar-refractivity contribution in [1.82, 2.24) is 4.98 Å². The third-order valence-electron chi connectivity index (χ3n) is 5.26. The zero-order valence-corrected chi connectivity index (χ0v) is 19.2. The van der Waals surface area contributed by atoms with Gasteiger partial charge in [-0.3, -0.25) is 4.79 Å². The molecule has 0 spiro atoms. The number of carbonyl (C=O) groups is 1. The van der Waals surface area contributed by atoms with Crippen LogP contribution in [0, 0.1) is 0 Å². The Balaban J connectivity index is 1.36. The Bertz CT molecular complexity index is 1230. The van der Waals surface area contributed by atoms with Crippen LogP contribution < -0.4 is 10.1 Å². The number of nitrogens with zero attached hydrogens (tertiary/aromatic N) is 1. The molecule has 1 N–H and O–H groups in total. The standard InChI is InChI=1S/C25H22Cl2N2O3/c1-3-15(2)16-6-10-20(11-7-16)31-14-23(30)28-19-8-4-17(5-9-19)25-29-22-13-18(26)12-21(27)24(22)32-25/h4-13,15H,3,14H2,1-2H3,(H,28,30)/t15-/m1/s1. The molecule has 5 nitrogen and oxygen atoms in total. The predicted molar refractivity (Wildman–Crippen MR) is 129 cm³/mol. The first kappa shape index (κ1) is 22.2. The molecule has 164 valence electrons. The second kappa shape index (κ2) is 9.63. The van der Waals surface area contributed by atoms with E-state index in [2.05, 4.69) is 24.1 Å². The molecule has 0 unspecified atom stereocenters. The lowest BCUT2D eigenvalue weighted by Gasteiger charge is -2.11. The smallest absolute Gasteiger partial charge is 0.262 e. The fraction of sp³-hybridized carbons (Fsp3) is 0.200. The number of aromatic nitrogens is 1. The third-order valence-corrected chi connectivity index (χ3v) is 5.76. The van der Waals surface area contributed by atoms with Crippen LogP contribution in [0.15, 0.2) is 65.1 Å². The average Bonchev–Trinajstić information content (AvgIpc) is 3.22. The predicted octanol–water partition coefficient (Wildman–Crippen LogP) is 7.33. The van der Waals surface area contributed by atoms with Gasteiger partial charge in [0.2, 0.25) is 5.89 Å². The minimum atomic E-state index is -0.243. The molecule has 3 aromatic carbocycles. The van der Waals surface area contributed by atoms with Crippen LogP contribution in [0.1, 0.15) is 31.7 Å². The van der Waals surface area contributed by atoms with Crippen molar-refractivity contribution in [1.29, 1.82) is 0 Å². The van der Waals surface area contributed by atoms with Crippen LogP contribution in [0.4, 0.5) is 5.69 Å². The first-order valence-corrected chi connectivity index (χ1v) is 11.1. The highest BCUT2D eigenvalue weighted by Gasteiger charge is 2.13. The maximum absolute atomic E-state index is 12.3. The van der Waals surface area contributed by atoms with Gasteiger partial charge in [-0.2, -0.15) is 0 Å². The van der Waals surface area contributed by atoms with Gasteiger partial charge in [0.15, 0.2) is 12.2 Å². The van der Waals surface area contributed by atoms with E-state index in [1.807, 2.05) is 36.4 Å². The van der Waals surface area contributed by atoms with E-state index in [1.54, 1.807) is 24.3 Å². The molecular formula is C25H22Cl2N2O3. The maximum Gasteiger partial charge on any atom is 0.262 e. The topological polar surface area (TPSA) is 64.4 Å². The van der Waals surface area contributed by atoms with Crippen molar-refractivity contribution in [3.63, 3.8) is 0 Å². The van der Waals surface area contributed by atoms with Crippen LogP contribution >= 0.6 is 23.2 Å². The van der Waals surface area contributed by atoms with E-state index in [1.165, 1.54) is 5.56 Å². The molecule has 1 atom stereocenters. The van der Waals surface area contributed by atoms with Gasteiger partial charge in [-0.05, 0) is 66.4 Å². The largest absolute Gasteiger partial charge is 0.484 e. The van der Waals surface area contributed by atoms with E-state index < -0.39 is 0 Å². The zero-order valence-electron chi connectivity index (χ0n) is 17.7. The number of hydrogen-bond donors (Lipinski definition) is 1. The Morgan fingerprint density at radius 2 is 1.81 bits per heavy atom. The van der Waals surface area contributed by atoms with E-state index >= 15 is 0 Å². The monoisotopic (exact) mass is 468 g/mol. The van der Waals surface area contributed by atoms with E-state index in [0.717, 1.165) is 12.0 Å². The van der Waals surface area contributed by atoms with Crippen molar-refractivity contribution in [2.75, 3.05) is 11.9 Å². The Morgan fingerprint density at radius 1 is 1.09 bits per heavy atom. The SMILES string of the molecule is CC[C@@H](C)c1ccc(OCC(=O)Nc2ccc(-c3nc4cc(Cl)cc(Cl)c4o3)cc2)cc1. The zero-order chi connectivity index (χ0) is 22.7. The minimum absolute atomic E-state index is 0.0746. The molecule has 1 aromatic heterocycles. The Kier molecular flexibility index (Phi) is 6.68. The Morgan fingerprint density at radius 3 is 2.50 bits per heavy atom. The van der Waals surface area contributed by atoms with Crippen LogP contribution in [-0.4, -0.2) is 17.5 Å². The Hall–Kier alpha value is -3.02. The summed E-state index contributed by atoms with van der Waals surface area (Å²) >= 11 is 12.2. The van der Waals surface area contributed by atoms with E-state index in [0.29, 0.717) is 44.4 Å². The van der Waals surface area contributed by atoms with Crippen LogP contribution in [0.3, 0.4) is 0 Å². The molecule has 0 aliphatic heterocycles. The lowest BCUT2D eigenvalue weighted by Crippen LogP contribution is -2.20. The van der Waals surface area contributed by atoms with E-state index in [-0.39, 0.29) is 12.5 Å². The van der Waals surface area contributed by atoms with Crippen molar-refractivity contribution in [2.45, 2.75) is 26.2 Å². The molecule has 0 fully saturated rings. The number of rotatable bonds is 7. The molecule has 32 heavy (non-hydrogen) atoms. The number of ether oxygens (including phenoxy) is 1. The number of benzene rings is 3. The summed E-state index contributed by atoms with van der Waals surface area (Å²) in [5.74, 6) is 1.34. The second-order valence-corrected chi connectivity index (χ2v) is 8.39. The van der Waals surface area contributed by atoms with Gasteiger partial charge in [0.05, 0.1) is 5.02 Å². The van der Waals surface area contributed by atoms with Crippen molar-refractivity contribution in [2.24, 2.45) is 0 Å². The molecule has 1 heterocycles. The van der Waals surface area contributed by atoms with Gasteiger partial charge in [0.1, 0.15) is 11.3 Å². The van der Waals surface area contributed by atoms with Crippen molar-refractivity contribution in [3.05, 3.63) is 76.3 Å². The molecule has 0 saturated carbocycles. The summed E-state index contributed by atoms with van der Waals surface area (Å²) in [5, 5.41) is 3.72. The summed E-state index contributed by atoms with van der Waals surface area (Å²) in [7, 11) is 0. The molecule has 4 rings (SSSR count). The molecule has 0 aliphatic rings. The van der Waals surface area contributed by atoms with Crippen molar-refractivity contribution in [3.8, 4) is 17.2 Å². The summed E-state index contributed by atoms with van der Waals surface area (Å²) in [6, 6.07) is 18.3. The Labute approximate surface area is 196 Å². The molecule has 1 amide bonds. The number of fused-ring (bicyclic) bond motifs is 1. The summed E-state index contributed by atoms with van der Waals surface area (Å²) < 4.78 is 11.4. The highest BCUT2D eigenvalue weighted by atomic mass is 35.5. The van der Waals surface area contributed by atoms with E-state index in [4.69, 9.17) is 32.4 Å². The molecular weight excluding hydrogens is 447 g/mol. The van der Waals surface area contributed by atoms with Gasteiger partial charge in [0, 0.05) is 16.3 Å². The molecule has 0 bridgehead atoms. The van der Waals surface area contributed by atoms with Crippen molar-refractivity contribution < 1.29 is 13.9 Å². The molecule has 0 radical (unpaired) electrons. The molecule has 7 heteroatoms. The highest BCUT2D eigenvalue weighted by molar-refractivity contribution is 6.38. The van der Waals surface area contributed by atoms with Gasteiger partial charge < -0.3 is 14.5 Å². The fourth-order valence-corrected chi connectivity index (χ4v) is 3.77. The first-order chi connectivity index (χ1) is 15.4. The first-order valence-electron chi connectivity index (χ1n) is 10.3. The summed E-state index contributed by atoms with van der Waals surface area (Å²) in [6.45, 7) is 4.27. The summed E-state index contributed by atoms with van der Waals surface area (Å²) in [6.07, 6.45) is 1.08. The summed E-state index contributed by atoms with van der Waals surface area (Å²) in [4.78, 5) is 16.7. The maximum atomic E-state index is 12.3. The number of halogens is 2. The van der Waals surface area contributed by atoms with E-state index in [9.17, 15) is 4.79 Å². The average molecular weight is 469 g/mol. The molecule has 4 aromatic rings. The quantitative estimate of drug-likeness (QED) is 0.308. The number of amides is 1.